The van der Waals surface area contributed by atoms with Crippen LogP contribution in [0.25, 0.3) is 0 Å². The van der Waals surface area contributed by atoms with Crippen LogP contribution in [0.5, 0.6) is 0 Å². The average Bonchev–Trinajstić information content (AvgIpc) is 2.25. The van der Waals surface area contributed by atoms with Crippen LogP contribution in [-0.4, -0.2) is 21.7 Å². The molecule has 0 nitrogen and oxygen atoms in total. The number of hydrogen-bond donors (Lipinski definition) is 0. The normalized spacial score (nSPS) is 18.9. The van der Waals surface area contributed by atoms with Crippen LogP contribution in [0.15, 0.2) is 0 Å². The fourth-order valence-corrected chi connectivity index (χ4v) is 5.30. The van der Waals surface area contributed by atoms with Crippen LogP contribution in [0.4, 0.5) is 0 Å². The minimum absolute atomic E-state index is 1.08. The fraction of sp³-hybridized carbons (Fsp3) is 1.00. The Morgan fingerprint density at radius 3 is 2.43 bits per heavy atom. The fourth-order valence-electron chi connectivity index (χ4n) is 2.01. The zero-order valence-corrected chi connectivity index (χ0v) is 13.1. The molecule has 0 radical (unpaired) electrons. The van der Waals surface area contributed by atoms with Gasteiger partial charge in [0.25, 0.3) is 0 Å². The van der Waals surface area contributed by atoms with Gasteiger partial charge in [0.1, 0.15) is 0 Å². The zero-order valence-electron chi connectivity index (χ0n) is 9.46. The summed E-state index contributed by atoms with van der Waals surface area (Å²) < 4.78 is 0. The van der Waals surface area contributed by atoms with Gasteiger partial charge in [-0.2, -0.15) is 0 Å². The smallest absolute Gasteiger partial charge is 0.00395 e. The molecule has 3 heteroatoms. The molecule has 0 heterocycles. The minimum atomic E-state index is 1.08. The lowest BCUT2D eigenvalue weighted by molar-refractivity contribution is 0.352. The Kier molecular flexibility index (Phi) is 8.50. The van der Waals surface area contributed by atoms with Crippen molar-refractivity contribution in [1.82, 2.24) is 0 Å². The Labute approximate surface area is 100 Å². The highest BCUT2D eigenvalue weighted by Gasteiger charge is 2.12. The highest BCUT2D eigenvalue weighted by atomic mass is 33.1. The van der Waals surface area contributed by atoms with E-state index in [1.165, 1.54) is 72.7 Å². The monoisotopic (exact) mass is 248 g/mol. The van der Waals surface area contributed by atoms with E-state index in [1.807, 2.05) is 0 Å². The summed E-state index contributed by atoms with van der Waals surface area (Å²) in [5.74, 6) is 3.87. The molecular formula is C11H24S2Si. The van der Waals surface area contributed by atoms with E-state index in [2.05, 4.69) is 21.6 Å². The van der Waals surface area contributed by atoms with Crippen molar-refractivity contribution in [2.24, 2.45) is 5.92 Å². The summed E-state index contributed by atoms with van der Waals surface area (Å²) in [5.41, 5.74) is 0. The molecule has 0 spiro atoms. The summed E-state index contributed by atoms with van der Waals surface area (Å²) in [7, 11) is 5.62. The molecule has 1 rings (SSSR count). The van der Waals surface area contributed by atoms with Crippen LogP contribution in [0.3, 0.4) is 0 Å². The first-order valence-electron chi connectivity index (χ1n) is 6.18. The molecule has 0 atom stereocenters. The molecule has 0 unspecified atom stereocenters. The molecule has 1 aliphatic rings. The van der Waals surface area contributed by atoms with Crippen LogP contribution >= 0.6 is 21.6 Å². The third kappa shape index (κ3) is 6.41. The van der Waals surface area contributed by atoms with E-state index >= 15 is 0 Å². The molecule has 84 valence electrons. The Morgan fingerprint density at radius 1 is 1.00 bits per heavy atom. The van der Waals surface area contributed by atoms with E-state index in [4.69, 9.17) is 0 Å². The Hall–Kier alpha value is 0.917. The Balaban J connectivity index is 1.82. The van der Waals surface area contributed by atoms with Crippen molar-refractivity contribution in [2.45, 2.75) is 51.0 Å². The lowest BCUT2D eigenvalue weighted by Crippen LogP contribution is -2.06. The molecule has 1 saturated carbocycles. The second kappa shape index (κ2) is 9.17. The Bertz CT molecular complexity index is 124. The first-order valence-corrected chi connectivity index (χ1v) is 10.1. The first-order chi connectivity index (χ1) is 6.93. The van der Waals surface area contributed by atoms with Gasteiger partial charge in [-0.05, 0) is 18.8 Å². The van der Waals surface area contributed by atoms with Crippen LogP contribution < -0.4 is 0 Å². The topological polar surface area (TPSA) is 0 Å². The molecule has 0 aromatic heterocycles. The van der Waals surface area contributed by atoms with Gasteiger partial charge < -0.3 is 0 Å². The van der Waals surface area contributed by atoms with E-state index in [0.29, 0.717) is 0 Å². The molecule has 0 aromatic rings. The lowest BCUT2D eigenvalue weighted by atomic mass is 9.88. The zero-order chi connectivity index (χ0) is 10.1. The number of rotatable bonds is 7. The summed E-state index contributed by atoms with van der Waals surface area (Å²) >= 11 is 0. The van der Waals surface area contributed by atoms with Gasteiger partial charge in [0, 0.05) is 21.7 Å². The predicted molar refractivity (Wildman–Crippen MR) is 75.5 cm³/mol. The summed E-state index contributed by atoms with van der Waals surface area (Å²) in [5, 5.41) is 0. The van der Waals surface area contributed by atoms with Crippen molar-refractivity contribution in [2.75, 3.05) is 11.5 Å². The van der Waals surface area contributed by atoms with E-state index in [9.17, 15) is 0 Å². The number of hydrogen-bond acceptors (Lipinski definition) is 2. The van der Waals surface area contributed by atoms with Gasteiger partial charge in [-0.3, -0.25) is 0 Å². The van der Waals surface area contributed by atoms with Gasteiger partial charge in [0.05, 0.1) is 0 Å². The largest absolute Gasteiger partial charge is 0.0942 e. The molecule has 0 bridgehead atoms. The van der Waals surface area contributed by atoms with Crippen molar-refractivity contribution in [3.05, 3.63) is 0 Å². The minimum Gasteiger partial charge on any atom is -0.0942 e. The summed E-state index contributed by atoms with van der Waals surface area (Å²) in [6.07, 6.45) is 10.5. The average molecular weight is 249 g/mol. The van der Waals surface area contributed by atoms with Crippen LogP contribution in [-0.2, 0) is 0 Å². The molecule has 0 N–H and O–H groups in total. The van der Waals surface area contributed by atoms with E-state index < -0.39 is 0 Å². The maximum Gasteiger partial charge on any atom is 0.00395 e. The van der Waals surface area contributed by atoms with Gasteiger partial charge in [-0.15, -0.1) is 0 Å². The quantitative estimate of drug-likeness (QED) is 0.384. The maximum atomic E-state index is 2.12. The van der Waals surface area contributed by atoms with E-state index in [1.54, 1.807) is 0 Å². The third-order valence-corrected chi connectivity index (χ3v) is 6.23. The van der Waals surface area contributed by atoms with Crippen molar-refractivity contribution in [3.8, 4) is 0 Å². The van der Waals surface area contributed by atoms with E-state index in [0.717, 1.165) is 5.92 Å². The molecule has 0 aliphatic heterocycles. The Morgan fingerprint density at radius 2 is 1.71 bits per heavy atom. The van der Waals surface area contributed by atoms with Gasteiger partial charge in [0.15, 0.2) is 0 Å². The maximum absolute atomic E-state index is 2.12. The van der Waals surface area contributed by atoms with Crippen molar-refractivity contribution < 1.29 is 0 Å². The predicted octanol–water partition coefficient (Wildman–Crippen LogP) is 3.51. The molecule has 0 saturated heterocycles. The third-order valence-electron chi connectivity index (χ3n) is 3.00. The summed E-state index contributed by atoms with van der Waals surface area (Å²) in [6.45, 7) is 0. The standard InChI is InChI=1S/C11H24S2Si/c14-10-4-8-12-13-9-7-11-5-2-1-3-6-11/h11H,1-10H2,14H3. The van der Waals surface area contributed by atoms with Crippen molar-refractivity contribution in [3.63, 3.8) is 0 Å². The SMILES string of the molecule is [SiH3]CCCSSCCC1CCCCC1. The molecule has 14 heavy (non-hydrogen) atoms. The molecular weight excluding hydrogens is 224 g/mol. The lowest BCUT2D eigenvalue weighted by Gasteiger charge is -2.20. The molecule has 1 aliphatic carbocycles. The summed E-state index contributed by atoms with van der Waals surface area (Å²) in [4.78, 5) is 0. The highest BCUT2D eigenvalue weighted by molar-refractivity contribution is 8.76. The second-order valence-corrected chi connectivity index (χ2v) is 7.99. The van der Waals surface area contributed by atoms with Crippen LogP contribution in [0.2, 0.25) is 6.04 Å². The molecule has 0 aromatic carbocycles. The van der Waals surface area contributed by atoms with Gasteiger partial charge in [-0.1, -0.05) is 59.7 Å². The molecule has 0 amide bonds. The van der Waals surface area contributed by atoms with Gasteiger partial charge in [0.2, 0.25) is 0 Å². The highest BCUT2D eigenvalue weighted by Crippen LogP contribution is 2.30. The van der Waals surface area contributed by atoms with E-state index in [-0.39, 0.29) is 0 Å². The summed E-state index contributed by atoms with van der Waals surface area (Å²) in [6, 6.07) is 1.48. The van der Waals surface area contributed by atoms with Crippen LogP contribution in [0.1, 0.15) is 44.9 Å². The van der Waals surface area contributed by atoms with Crippen molar-refractivity contribution >= 4 is 31.8 Å². The van der Waals surface area contributed by atoms with Crippen molar-refractivity contribution in [1.29, 1.82) is 0 Å². The molecule has 1 fully saturated rings. The van der Waals surface area contributed by atoms with Crippen LogP contribution in [0, 0.1) is 5.92 Å². The van der Waals surface area contributed by atoms with Gasteiger partial charge in [-0.25, -0.2) is 0 Å². The second-order valence-electron chi connectivity index (χ2n) is 4.29. The first kappa shape index (κ1) is 13.0. The van der Waals surface area contributed by atoms with Gasteiger partial charge >= 0.3 is 0 Å².